The van der Waals surface area contributed by atoms with E-state index < -0.39 is 0 Å². The van der Waals surface area contributed by atoms with Crippen molar-refractivity contribution in [2.24, 2.45) is 0 Å². The fourth-order valence-electron chi connectivity index (χ4n) is 2.76. The maximum Gasteiger partial charge on any atom is 0.231 e. The second-order valence-electron chi connectivity index (χ2n) is 5.54. The molecule has 6 nitrogen and oxygen atoms in total. The average Bonchev–Trinajstić information content (AvgIpc) is 2.68. The van der Waals surface area contributed by atoms with Crippen molar-refractivity contribution in [3.05, 3.63) is 42.0 Å². The molecule has 0 atom stereocenters. The fourth-order valence-corrected chi connectivity index (χ4v) is 2.76. The van der Waals surface area contributed by atoms with E-state index in [9.17, 15) is 4.79 Å². The Hall–Kier alpha value is -2.89. The quantitative estimate of drug-likeness (QED) is 0.724. The molecule has 0 heterocycles. The van der Waals surface area contributed by atoms with Crippen LogP contribution in [0.2, 0.25) is 0 Å². The molecule has 6 heteroatoms. The summed E-state index contributed by atoms with van der Waals surface area (Å²) in [5.41, 5.74) is 1.61. The molecule has 26 heavy (non-hydrogen) atoms. The first-order valence-electron chi connectivity index (χ1n) is 8.31. The lowest BCUT2D eigenvalue weighted by molar-refractivity contribution is -0.117. The lowest BCUT2D eigenvalue weighted by Gasteiger charge is -2.22. The molecule has 0 aliphatic carbocycles. The molecule has 0 N–H and O–H groups in total. The number of methoxy groups -OCH3 is 4. The molecule has 0 aromatic heterocycles. The zero-order valence-electron chi connectivity index (χ0n) is 15.9. The van der Waals surface area contributed by atoms with E-state index in [0.29, 0.717) is 29.5 Å². The van der Waals surface area contributed by atoms with Crippen LogP contribution in [0, 0.1) is 0 Å². The molecule has 140 valence electrons. The van der Waals surface area contributed by atoms with Gasteiger partial charge in [-0.05, 0) is 36.8 Å². The summed E-state index contributed by atoms with van der Waals surface area (Å²) in [4.78, 5) is 14.5. The van der Waals surface area contributed by atoms with Gasteiger partial charge in [-0.15, -0.1) is 0 Å². The molecule has 0 spiro atoms. The van der Waals surface area contributed by atoms with Crippen molar-refractivity contribution in [1.82, 2.24) is 0 Å². The number of carbonyl (C=O) groups is 1. The number of ether oxygens (including phenoxy) is 4. The Balaban J connectivity index is 2.24. The highest BCUT2D eigenvalue weighted by Crippen LogP contribution is 2.32. The Bertz CT molecular complexity index is 760. The number of benzene rings is 2. The number of hydrogen-bond acceptors (Lipinski definition) is 5. The minimum Gasteiger partial charge on any atom is -0.493 e. The van der Waals surface area contributed by atoms with E-state index in [1.807, 2.05) is 25.1 Å². The number of hydrogen-bond donors (Lipinski definition) is 0. The summed E-state index contributed by atoms with van der Waals surface area (Å²) >= 11 is 0. The minimum absolute atomic E-state index is 0.0214. The first kappa shape index (κ1) is 19.4. The van der Waals surface area contributed by atoms with Crippen molar-refractivity contribution in [2.75, 3.05) is 39.9 Å². The molecule has 0 radical (unpaired) electrons. The van der Waals surface area contributed by atoms with E-state index in [0.717, 1.165) is 11.3 Å². The second-order valence-corrected chi connectivity index (χ2v) is 5.54. The van der Waals surface area contributed by atoms with Crippen LogP contribution < -0.4 is 23.8 Å². The molecule has 0 saturated carbocycles. The number of rotatable bonds is 8. The van der Waals surface area contributed by atoms with E-state index in [4.69, 9.17) is 18.9 Å². The Kier molecular flexibility index (Phi) is 6.72. The lowest BCUT2D eigenvalue weighted by atomic mass is 10.1. The molecule has 0 aliphatic rings. The zero-order chi connectivity index (χ0) is 19.1. The monoisotopic (exact) mass is 359 g/mol. The largest absolute Gasteiger partial charge is 0.493 e. The smallest absolute Gasteiger partial charge is 0.231 e. The SMILES string of the molecule is CCN(C(=O)Cc1ccc(OC)c(OC)c1)c1ccc(OC)c(OC)c1. The zero-order valence-corrected chi connectivity index (χ0v) is 15.9. The number of anilines is 1. The molecule has 0 saturated heterocycles. The highest BCUT2D eigenvalue weighted by Gasteiger charge is 2.17. The molecule has 0 fully saturated rings. The topological polar surface area (TPSA) is 57.2 Å². The van der Waals surface area contributed by atoms with Gasteiger partial charge in [-0.3, -0.25) is 4.79 Å². The summed E-state index contributed by atoms with van der Waals surface area (Å²) < 4.78 is 21.1. The number of nitrogens with zero attached hydrogens (tertiary/aromatic N) is 1. The number of carbonyl (C=O) groups excluding carboxylic acids is 1. The van der Waals surface area contributed by atoms with Crippen molar-refractivity contribution in [3.8, 4) is 23.0 Å². The van der Waals surface area contributed by atoms with Gasteiger partial charge in [0, 0.05) is 18.3 Å². The van der Waals surface area contributed by atoms with Gasteiger partial charge in [-0.2, -0.15) is 0 Å². The summed E-state index contributed by atoms with van der Waals surface area (Å²) in [5, 5.41) is 0. The van der Waals surface area contributed by atoms with Crippen molar-refractivity contribution in [2.45, 2.75) is 13.3 Å². The molecule has 0 bridgehead atoms. The summed E-state index contributed by atoms with van der Waals surface area (Å²) in [6, 6.07) is 10.9. The average molecular weight is 359 g/mol. The first-order valence-corrected chi connectivity index (χ1v) is 8.31. The van der Waals surface area contributed by atoms with Crippen LogP contribution in [0.5, 0.6) is 23.0 Å². The molecular formula is C20H25NO5. The van der Waals surface area contributed by atoms with Crippen molar-refractivity contribution in [3.63, 3.8) is 0 Å². The van der Waals surface area contributed by atoms with E-state index in [1.54, 1.807) is 51.5 Å². The molecule has 2 aromatic rings. The summed E-state index contributed by atoms with van der Waals surface area (Å²) in [6.45, 7) is 2.48. The van der Waals surface area contributed by atoms with Crippen LogP contribution >= 0.6 is 0 Å². The minimum atomic E-state index is -0.0214. The van der Waals surface area contributed by atoms with Crippen LogP contribution in [0.1, 0.15) is 12.5 Å². The highest BCUT2D eigenvalue weighted by molar-refractivity contribution is 5.95. The molecule has 0 aliphatic heterocycles. The van der Waals surface area contributed by atoms with Gasteiger partial charge in [0.25, 0.3) is 0 Å². The lowest BCUT2D eigenvalue weighted by Crippen LogP contribution is -2.32. The predicted octanol–water partition coefficient (Wildman–Crippen LogP) is 3.32. The third-order valence-electron chi connectivity index (χ3n) is 4.10. The normalized spacial score (nSPS) is 10.2. The molecular weight excluding hydrogens is 334 g/mol. The Morgan fingerprint density at radius 2 is 1.35 bits per heavy atom. The predicted molar refractivity (Wildman–Crippen MR) is 101 cm³/mol. The van der Waals surface area contributed by atoms with Crippen LogP contribution in [-0.2, 0) is 11.2 Å². The second kappa shape index (κ2) is 8.99. The molecule has 0 unspecified atom stereocenters. The van der Waals surface area contributed by atoms with E-state index in [2.05, 4.69) is 0 Å². The summed E-state index contributed by atoms with van der Waals surface area (Å²) in [6.07, 6.45) is 0.253. The van der Waals surface area contributed by atoms with Crippen LogP contribution in [0.3, 0.4) is 0 Å². The van der Waals surface area contributed by atoms with Crippen LogP contribution in [-0.4, -0.2) is 40.9 Å². The first-order chi connectivity index (χ1) is 12.6. The van der Waals surface area contributed by atoms with Gasteiger partial charge < -0.3 is 23.8 Å². The molecule has 2 aromatic carbocycles. The standard InChI is InChI=1S/C20H25NO5/c1-6-21(15-8-10-17(24-3)19(13-15)26-5)20(22)12-14-7-9-16(23-2)18(11-14)25-4/h7-11,13H,6,12H2,1-5H3. The van der Waals surface area contributed by atoms with Crippen LogP contribution in [0.25, 0.3) is 0 Å². The molecule has 2 rings (SSSR count). The van der Waals surface area contributed by atoms with Gasteiger partial charge in [0.05, 0.1) is 34.9 Å². The summed E-state index contributed by atoms with van der Waals surface area (Å²) in [5.74, 6) is 2.43. The Morgan fingerprint density at radius 1 is 0.808 bits per heavy atom. The number of likely N-dealkylation sites (N-methyl/N-ethyl adjacent to an activating group) is 1. The van der Waals surface area contributed by atoms with Crippen molar-refractivity contribution in [1.29, 1.82) is 0 Å². The fraction of sp³-hybridized carbons (Fsp3) is 0.350. The van der Waals surface area contributed by atoms with Crippen LogP contribution in [0.15, 0.2) is 36.4 Å². The van der Waals surface area contributed by atoms with Gasteiger partial charge in [-0.25, -0.2) is 0 Å². The van der Waals surface area contributed by atoms with Gasteiger partial charge in [-0.1, -0.05) is 6.07 Å². The van der Waals surface area contributed by atoms with Gasteiger partial charge in [0.15, 0.2) is 23.0 Å². The maximum atomic E-state index is 12.8. The third-order valence-corrected chi connectivity index (χ3v) is 4.10. The van der Waals surface area contributed by atoms with Crippen molar-refractivity contribution < 1.29 is 23.7 Å². The Labute approximate surface area is 154 Å². The van der Waals surface area contributed by atoms with Crippen LogP contribution in [0.4, 0.5) is 5.69 Å². The maximum absolute atomic E-state index is 12.8. The highest BCUT2D eigenvalue weighted by atomic mass is 16.5. The van der Waals surface area contributed by atoms with E-state index in [1.165, 1.54) is 0 Å². The van der Waals surface area contributed by atoms with Crippen molar-refractivity contribution >= 4 is 11.6 Å². The third kappa shape index (κ3) is 4.20. The van der Waals surface area contributed by atoms with E-state index in [-0.39, 0.29) is 12.3 Å². The van der Waals surface area contributed by atoms with Gasteiger partial charge >= 0.3 is 0 Å². The summed E-state index contributed by atoms with van der Waals surface area (Å²) in [7, 11) is 6.31. The van der Waals surface area contributed by atoms with E-state index >= 15 is 0 Å². The molecule has 1 amide bonds. The van der Waals surface area contributed by atoms with Gasteiger partial charge in [0.2, 0.25) is 5.91 Å². The van der Waals surface area contributed by atoms with Gasteiger partial charge in [0.1, 0.15) is 0 Å². The Morgan fingerprint density at radius 3 is 1.88 bits per heavy atom. The number of amides is 1.